The number of benzene rings is 2. The van der Waals surface area contributed by atoms with Crippen LogP contribution in [0.15, 0.2) is 47.6 Å². The van der Waals surface area contributed by atoms with Crippen LogP contribution in [0.5, 0.6) is 5.75 Å². The van der Waals surface area contributed by atoms with Gasteiger partial charge in [0.2, 0.25) is 0 Å². The van der Waals surface area contributed by atoms with Crippen molar-refractivity contribution in [3.63, 3.8) is 0 Å². The van der Waals surface area contributed by atoms with E-state index in [0.717, 1.165) is 18.3 Å². The molecule has 2 aromatic carbocycles. The van der Waals surface area contributed by atoms with Crippen LogP contribution in [0.1, 0.15) is 15.9 Å². The van der Waals surface area contributed by atoms with Crippen LogP contribution in [0.2, 0.25) is 0 Å². The molecule has 0 aliphatic heterocycles. The van der Waals surface area contributed by atoms with Gasteiger partial charge in [0.1, 0.15) is 11.3 Å². The van der Waals surface area contributed by atoms with Crippen molar-refractivity contribution in [1.82, 2.24) is 5.43 Å². The summed E-state index contributed by atoms with van der Waals surface area (Å²) in [6.07, 6.45) is 1.16. The van der Waals surface area contributed by atoms with E-state index in [0.29, 0.717) is 11.6 Å². The highest BCUT2D eigenvalue weighted by Crippen LogP contribution is 2.24. The first kappa shape index (κ1) is 16.5. The lowest BCUT2D eigenvalue weighted by Crippen LogP contribution is -2.19. The van der Waals surface area contributed by atoms with E-state index in [4.69, 9.17) is 0 Å². The minimum Gasteiger partial charge on any atom is -0.507 e. The largest absolute Gasteiger partial charge is 0.507 e. The number of hydrazone groups is 1. The second-order valence-electron chi connectivity index (χ2n) is 4.47. The van der Waals surface area contributed by atoms with Crippen molar-refractivity contribution in [1.29, 1.82) is 0 Å². The van der Waals surface area contributed by atoms with E-state index < -0.39 is 27.1 Å². The van der Waals surface area contributed by atoms with E-state index in [2.05, 4.69) is 10.5 Å². The molecule has 0 radical (unpaired) electrons. The first-order valence-electron chi connectivity index (χ1n) is 6.44. The Balaban J connectivity index is 2.22. The standard InChI is InChI=1S/C14H10N4O6/c19-13-4-2-1-3-9(13)8-15-16-14(20)11-6-5-10(17(21)22)7-12(11)18(23)24/h1-8,19H,(H,16,20)/b15-8+. The van der Waals surface area contributed by atoms with Gasteiger partial charge >= 0.3 is 0 Å². The average Bonchev–Trinajstić information content (AvgIpc) is 2.55. The lowest BCUT2D eigenvalue weighted by atomic mass is 10.1. The van der Waals surface area contributed by atoms with Gasteiger partial charge in [-0.1, -0.05) is 12.1 Å². The van der Waals surface area contributed by atoms with Crippen molar-refractivity contribution >= 4 is 23.5 Å². The Morgan fingerprint density at radius 2 is 1.83 bits per heavy atom. The van der Waals surface area contributed by atoms with Crippen molar-refractivity contribution in [2.24, 2.45) is 5.10 Å². The number of phenols is 1. The molecule has 0 aliphatic rings. The maximum absolute atomic E-state index is 12.0. The average molecular weight is 330 g/mol. The molecule has 0 saturated carbocycles. The summed E-state index contributed by atoms with van der Waals surface area (Å²) in [5.74, 6) is -0.972. The molecule has 0 atom stereocenters. The fraction of sp³-hybridized carbons (Fsp3) is 0. The molecule has 10 nitrogen and oxygen atoms in total. The minimum atomic E-state index is -0.914. The number of non-ortho nitro benzene ring substituents is 1. The number of carbonyl (C=O) groups is 1. The molecule has 0 unspecified atom stereocenters. The molecule has 10 heteroatoms. The summed E-state index contributed by atoms with van der Waals surface area (Å²) in [7, 11) is 0. The normalized spacial score (nSPS) is 10.5. The number of aromatic hydroxyl groups is 1. The number of amides is 1. The molecular weight excluding hydrogens is 320 g/mol. The van der Waals surface area contributed by atoms with Crippen molar-refractivity contribution in [3.05, 3.63) is 73.8 Å². The van der Waals surface area contributed by atoms with Crippen molar-refractivity contribution in [2.45, 2.75) is 0 Å². The number of nitro benzene ring substituents is 2. The molecular formula is C14H10N4O6. The molecule has 0 aliphatic carbocycles. The summed E-state index contributed by atoms with van der Waals surface area (Å²) in [4.78, 5) is 31.9. The highest BCUT2D eigenvalue weighted by Gasteiger charge is 2.23. The number of phenolic OH excluding ortho intramolecular Hbond substituents is 1. The van der Waals surface area contributed by atoms with Gasteiger partial charge in [-0.2, -0.15) is 5.10 Å². The number of nitrogens with zero attached hydrogens (tertiary/aromatic N) is 3. The van der Waals surface area contributed by atoms with Crippen LogP contribution < -0.4 is 5.43 Å². The summed E-state index contributed by atoms with van der Waals surface area (Å²) in [5.41, 5.74) is 0.806. The zero-order valence-corrected chi connectivity index (χ0v) is 11.9. The maximum atomic E-state index is 12.0. The Kier molecular flexibility index (Phi) is 4.80. The predicted molar refractivity (Wildman–Crippen MR) is 82.9 cm³/mol. The smallest absolute Gasteiger partial charge is 0.289 e. The third-order valence-corrected chi connectivity index (χ3v) is 2.94. The van der Waals surface area contributed by atoms with Crippen molar-refractivity contribution in [3.8, 4) is 5.75 Å². The Hall–Kier alpha value is -3.82. The van der Waals surface area contributed by atoms with E-state index in [1.54, 1.807) is 18.2 Å². The minimum absolute atomic E-state index is 0.0585. The summed E-state index contributed by atoms with van der Waals surface area (Å²) in [5, 5.41) is 34.8. The van der Waals surface area contributed by atoms with Gasteiger partial charge in [0.15, 0.2) is 0 Å². The van der Waals surface area contributed by atoms with Gasteiger partial charge < -0.3 is 5.11 Å². The third-order valence-electron chi connectivity index (χ3n) is 2.94. The molecule has 1 amide bonds. The number of hydrogen-bond donors (Lipinski definition) is 2. The van der Waals surface area contributed by atoms with E-state index >= 15 is 0 Å². The molecule has 2 aromatic rings. The third kappa shape index (κ3) is 3.68. The number of rotatable bonds is 5. The number of para-hydroxylation sites is 1. The van der Waals surface area contributed by atoms with Gasteiger partial charge in [-0.15, -0.1) is 0 Å². The van der Waals surface area contributed by atoms with E-state index in [9.17, 15) is 30.1 Å². The molecule has 0 saturated heterocycles. The summed E-state index contributed by atoms with van der Waals surface area (Å²) in [6, 6.07) is 8.86. The number of nitro groups is 2. The fourth-order valence-electron chi connectivity index (χ4n) is 1.79. The second kappa shape index (κ2) is 6.96. The monoisotopic (exact) mass is 330 g/mol. The van der Waals surface area contributed by atoms with Crippen LogP contribution in [-0.2, 0) is 0 Å². The highest BCUT2D eigenvalue weighted by atomic mass is 16.6. The first-order valence-corrected chi connectivity index (χ1v) is 6.44. The van der Waals surface area contributed by atoms with Gasteiger partial charge in [0.25, 0.3) is 17.3 Å². The van der Waals surface area contributed by atoms with Crippen molar-refractivity contribution < 1.29 is 19.7 Å². The molecule has 122 valence electrons. The number of carbonyl (C=O) groups excluding carboxylic acids is 1. The zero-order chi connectivity index (χ0) is 17.7. The Morgan fingerprint density at radius 3 is 2.46 bits per heavy atom. The SMILES string of the molecule is O=C(N/N=C/c1ccccc1O)c1ccc([N+](=O)[O-])cc1[N+](=O)[O-]. The second-order valence-corrected chi connectivity index (χ2v) is 4.47. The Morgan fingerprint density at radius 1 is 1.12 bits per heavy atom. The molecule has 2 rings (SSSR count). The van der Waals surface area contributed by atoms with Crippen LogP contribution in [0.3, 0.4) is 0 Å². The maximum Gasteiger partial charge on any atom is 0.289 e. The topological polar surface area (TPSA) is 148 Å². The van der Waals surface area contributed by atoms with Gasteiger partial charge in [-0.3, -0.25) is 25.0 Å². The lowest BCUT2D eigenvalue weighted by molar-refractivity contribution is -0.394. The summed E-state index contributed by atoms with van der Waals surface area (Å²) in [6.45, 7) is 0. The van der Waals surface area contributed by atoms with E-state index in [1.165, 1.54) is 6.07 Å². The Bertz CT molecular complexity index is 849. The number of nitrogens with one attached hydrogen (secondary N) is 1. The van der Waals surface area contributed by atoms with Crippen LogP contribution >= 0.6 is 0 Å². The lowest BCUT2D eigenvalue weighted by Gasteiger charge is -2.02. The summed E-state index contributed by atoms with van der Waals surface area (Å²) < 4.78 is 0. The van der Waals surface area contributed by atoms with Crippen LogP contribution in [0.25, 0.3) is 0 Å². The highest BCUT2D eigenvalue weighted by molar-refractivity contribution is 5.99. The van der Waals surface area contributed by atoms with Crippen molar-refractivity contribution in [2.75, 3.05) is 0 Å². The molecule has 24 heavy (non-hydrogen) atoms. The summed E-state index contributed by atoms with van der Waals surface area (Å²) >= 11 is 0. The van der Waals surface area contributed by atoms with E-state index in [1.807, 2.05) is 0 Å². The van der Waals surface area contributed by atoms with Gasteiger partial charge in [-0.05, 0) is 18.2 Å². The molecule has 0 fully saturated rings. The van der Waals surface area contributed by atoms with Gasteiger partial charge in [0, 0.05) is 11.6 Å². The molecule has 0 aromatic heterocycles. The quantitative estimate of drug-likeness (QED) is 0.486. The van der Waals surface area contributed by atoms with E-state index in [-0.39, 0.29) is 11.3 Å². The van der Waals surface area contributed by atoms with Crippen LogP contribution in [-0.4, -0.2) is 27.1 Å². The fourth-order valence-corrected chi connectivity index (χ4v) is 1.79. The van der Waals surface area contributed by atoms with Gasteiger partial charge in [-0.25, -0.2) is 5.43 Å². The number of hydrogen-bond acceptors (Lipinski definition) is 7. The molecule has 2 N–H and O–H groups in total. The molecule has 0 bridgehead atoms. The molecule has 0 heterocycles. The van der Waals surface area contributed by atoms with Gasteiger partial charge in [0.05, 0.1) is 22.1 Å². The molecule has 0 spiro atoms. The zero-order valence-electron chi connectivity index (χ0n) is 11.9. The van der Waals surface area contributed by atoms with Crippen LogP contribution in [0, 0.1) is 20.2 Å². The Labute approximate surface area is 134 Å². The van der Waals surface area contributed by atoms with Crippen LogP contribution in [0.4, 0.5) is 11.4 Å². The predicted octanol–water partition coefficient (Wildman–Crippen LogP) is 1.97. The first-order chi connectivity index (χ1) is 11.4.